The zero-order valence-electron chi connectivity index (χ0n) is 10.2. The predicted molar refractivity (Wildman–Crippen MR) is 70.5 cm³/mol. The Morgan fingerprint density at radius 2 is 1.58 bits per heavy atom. The van der Waals surface area contributed by atoms with Gasteiger partial charge in [-0.3, -0.25) is 0 Å². The molecule has 4 nitrogen and oxygen atoms in total. The molecule has 3 aromatic rings. The van der Waals surface area contributed by atoms with Crippen molar-refractivity contribution in [3.05, 3.63) is 66.5 Å². The molecule has 0 amide bonds. The van der Waals surface area contributed by atoms with Crippen LogP contribution in [0.5, 0.6) is 5.75 Å². The molecule has 3 rings (SSSR count). The Kier molecular flexibility index (Phi) is 3.23. The van der Waals surface area contributed by atoms with E-state index in [4.69, 9.17) is 9.26 Å². The monoisotopic (exact) mass is 252 g/mol. The fraction of sp³-hybridized carbons (Fsp3) is 0.0667. The number of ether oxygens (including phenoxy) is 1. The second kappa shape index (κ2) is 5.35. The quantitative estimate of drug-likeness (QED) is 0.714. The maximum absolute atomic E-state index is 5.56. The van der Waals surface area contributed by atoms with E-state index in [0.717, 1.165) is 11.3 Å². The van der Waals surface area contributed by atoms with E-state index >= 15 is 0 Å². The first-order valence-corrected chi connectivity index (χ1v) is 5.98. The summed E-state index contributed by atoms with van der Waals surface area (Å²) >= 11 is 0. The van der Waals surface area contributed by atoms with Gasteiger partial charge in [0.25, 0.3) is 5.89 Å². The van der Waals surface area contributed by atoms with Crippen molar-refractivity contribution in [2.24, 2.45) is 0 Å². The number of aromatic nitrogens is 2. The maximum Gasteiger partial charge on any atom is 0.258 e. The second-order valence-corrected chi connectivity index (χ2v) is 3.98. The second-order valence-electron chi connectivity index (χ2n) is 3.98. The fourth-order valence-corrected chi connectivity index (χ4v) is 1.68. The largest absolute Gasteiger partial charge is 0.485 e. The first-order chi connectivity index (χ1) is 9.42. The molecule has 1 heterocycles. The van der Waals surface area contributed by atoms with Gasteiger partial charge in [-0.2, -0.15) is 4.98 Å². The summed E-state index contributed by atoms with van der Waals surface area (Å²) in [4.78, 5) is 4.29. The minimum atomic E-state index is 0.292. The highest BCUT2D eigenvalue weighted by Crippen LogP contribution is 2.17. The van der Waals surface area contributed by atoms with Crippen LogP contribution in [-0.4, -0.2) is 10.1 Å². The van der Waals surface area contributed by atoms with Crippen LogP contribution >= 0.6 is 0 Å². The molecule has 1 aromatic heterocycles. The zero-order chi connectivity index (χ0) is 12.9. The summed E-state index contributed by atoms with van der Waals surface area (Å²) in [5.74, 6) is 1.82. The number of para-hydroxylation sites is 1. The molecular weight excluding hydrogens is 240 g/mol. The average molecular weight is 252 g/mol. The third kappa shape index (κ3) is 2.80. The number of benzene rings is 2. The van der Waals surface area contributed by atoms with Gasteiger partial charge in [0, 0.05) is 5.56 Å². The van der Waals surface area contributed by atoms with E-state index < -0.39 is 0 Å². The van der Waals surface area contributed by atoms with Gasteiger partial charge in [-0.1, -0.05) is 41.6 Å². The highest BCUT2D eigenvalue weighted by Gasteiger charge is 2.08. The molecule has 0 bridgehead atoms. The molecule has 2 aromatic carbocycles. The standard InChI is InChI=1S/C15H12N2O2/c1-3-7-12(8-4-1)15-16-14(17-19-15)11-18-13-9-5-2-6-10-13/h1-10H,11H2. The smallest absolute Gasteiger partial charge is 0.258 e. The molecule has 0 saturated heterocycles. The molecule has 0 spiro atoms. The van der Waals surface area contributed by atoms with Crippen molar-refractivity contribution >= 4 is 0 Å². The van der Waals surface area contributed by atoms with Crippen molar-refractivity contribution in [1.29, 1.82) is 0 Å². The molecule has 0 N–H and O–H groups in total. The van der Waals surface area contributed by atoms with Crippen LogP contribution in [-0.2, 0) is 6.61 Å². The van der Waals surface area contributed by atoms with Crippen molar-refractivity contribution in [3.8, 4) is 17.2 Å². The van der Waals surface area contributed by atoms with E-state index in [1.165, 1.54) is 0 Å². The summed E-state index contributed by atoms with van der Waals surface area (Å²) in [5.41, 5.74) is 0.904. The number of hydrogen-bond acceptors (Lipinski definition) is 4. The van der Waals surface area contributed by atoms with Crippen LogP contribution in [0.25, 0.3) is 11.5 Å². The van der Waals surface area contributed by atoms with E-state index in [1.807, 2.05) is 60.7 Å². The van der Waals surface area contributed by atoms with Gasteiger partial charge in [-0.25, -0.2) is 0 Å². The molecule has 0 atom stereocenters. The number of rotatable bonds is 4. The summed E-state index contributed by atoms with van der Waals surface area (Å²) in [6, 6.07) is 19.2. The molecule has 0 aliphatic carbocycles. The lowest BCUT2D eigenvalue weighted by Crippen LogP contribution is -1.97. The van der Waals surface area contributed by atoms with Gasteiger partial charge in [0.15, 0.2) is 6.61 Å². The van der Waals surface area contributed by atoms with Crippen LogP contribution in [0.15, 0.2) is 65.2 Å². The third-order valence-corrected chi connectivity index (χ3v) is 2.60. The minimum absolute atomic E-state index is 0.292. The van der Waals surface area contributed by atoms with Crippen molar-refractivity contribution in [1.82, 2.24) is 10.1 Å². The predicted octanol–water partition coefficient (Wildman–Crippen LogP) is 3.32. The first-order valence-electron chi connectivity index (χ1n) is 5.98. The molecule has 94 valence electrons. The molecular formula is C15H12N2O2. The van der Waals surface area contributed by atoms with Crippen molar-refractivity contribution < 1.29 is 9.26 Å². The van der Waals surface area contributed by atoms with Crippen LogP contribution in [0.2, 0.25) is 0 Å². The Morgan fingerprint density at radius 3 is 2.32 bits per heavy atom. The maximum atomic E-state index is 5.56. The summed E-state index contributed by atoms with van der Waals surface area (Å²) in [7, 11) is 0. The van der Waals surface area contributed by atoms with Gasteiger partial charge in [-0.05, 0) is 24.3 Å². The summed E-state index contributed by atoms with van der Waals surface area (Å²) < 4.78 is 10.8. The number of hydrogen-bond donors (Lipinski definition) is 0. The van der Waals surface area contributed by atoms with Gasteiger partial charge in [0.2, 0.25) is 5.82 Å². The molecule has 0 saturated carbocycles. The molecule has 0 aliphatic heterocycles. The normalized spacial score (nSPS) is 10.3. The topological polar surface area (TPSA) is 48.2 Å². The SMILES string of the molecule is c1ccc(OCc2noc(-c3ccccc3)n2)cc1. The molecule has 0 fully saturated rings. The number of nitrogens with zero attached hydrogens (tertiary/aromatic N) is 2. The van der Waals surface area contributed by atoms with Crippen molar-refractivity contribution in [3.63, 3.8) is 0 Å². The lowest BCUT2D eigenvalue weighted by Gasteiger charge is -2.01. The van der Waals surface area contributed by atoms with Crippen molar-refractivity contribution in [2.45, 2.75) is 6.61 Å². The van der Waals surface area contributed by atoms with Crippen LogP contribution in [0.4, 0.5) is 0 Å². The van der Waals surface area contributed by atoms with E-state index in [9.17, 15) is 0 Å². The van der Waals surface area contributed by atoms with Crippen molar-refractivity contribution in [2.75, 3.05) is 0 Å². The molecule has 0 aliphatic rings. The van der Waals surface area contributed by atoms with E-state index in [0.29, 0.717) is 18.3 Å². The molecule has 4 heteroatoms. The molecule has 0 radical (unpaired) electrons. The Hall–Kier alpha value is -2.62. The van der Waals surface area contributed by atoms with Gasteiger partial charge >= 0.3 is 0 Å². The van der Waals surface area contributed by atoms with Gasteiger partial charge < -0.3 is 9.26 Å². The summed E-state index contributed by atoms with van der Waals surface area (Å²) in [6.45, 7) is 0.292. The van der Waals surface area contributed by atoms with Crippen LogP contribution in [0.1, 0.15) is 5.82 Å². The zero-order valence-corrected chi connectivity index (χ0v) is 10.2. The van der Waals surface area contributed by atoms with E-state index in [2.05, 4.69) is 10.1 Å². The van der Waals surface area contributed by atoms with Gasteiger partial charge in [0.05, 0.1) is 0 Å². The minimum Gasteiger partial charge on any atom is -0.485 e. The Balaban J connectivity index is 1.69. The molecule has 0 unspecified atom stereocenters. The summed E-state index contributed by atoms with van der Waals surface area (Å²) in [5, 5.41) is 3.90. The van der Waals surface area contributed by atoms with Gasteiger partial charge in [0.1, 0.15) is 5.75 Å². The highest BCUT2D eigenvalue weighted by atomic mass is 16.5. The van der Waals surface area contributed by atoms with E-state index in [1.54, 1.807) is 0 Å². The summed E-state index contributed by atoms with van der Waals surface area (Å²) in [6.07, 6.45) is 0. The Morgan fingerprint density at radius 1 is 0.895 bits per heavy atom. The van der Waals surface area contributed by atoms with E-state index in [-0.39, 0.29) is 0 Å². The highest BCUT2D eigenvalue weighted by molar-refractivity contribution is 5.51. The Labute approximate surface area is 110 Å². The third-order valence-electron chi connectivity index (χ3n) is 2.60. The van der Waals surface area contributed by atoms with Gasteiger partial charge in [-0.15, -0.1) is 0 Å². The van der Waals surface area contributed by atoms with Crippen LogP contribution in [0, 0.1) is 0 Å². The fourth-order valence-electron chi connectivity index (χ4n) is 1.68. The van der Waals surface area contributed by atoms with Crippen LogP contribution in [0.3, 0.4) is 0 Å². The average Bonchev–Trinajstić information content (AvgIpc) is 2.96. The lowest BCUT2D eigenvalue weighted by molar-refractivity contribution is 0.287. The Bertz CT molecular complexity index is 636. The first kappa shape index (κ1) is 11.5. The lowest BCUT2D eigenvalue weighted by atomic mass is 10.2. The molecule has 19 heavy (non-hydrogen) atoms. The van der Waals surface area contributed by atoms with Crippen LogP contribution < -0.4 is 4.74 Å².